The van der Waals surface area contributed by atoms with E-state index in [9.17, 15) is 0 Å². The Morgan fingerprint density at radius 1 is 0.500 bits per heavy atom. The molecule has 0 aliphatic heterocycles. The van der Waals surface area contributed by atoms with E-state index in [-0.39, 0.29) is 5.92 Å². The Morgan fingerprint density at radius 3 is 1.09 bits per heavy atom. The summed E-state index contributed by atoms with van der Waals surface area (Å²) in [6.45, 7) is 0. The minimum absolute atomic E-state index is 0.0514. The van der Waals surface area contributed by atoms with Crippen LogP contribution in [0.1, 0.15) is 22.6 Å². The first-order valence-electron chi connectivity index (χ1n) is 7.20. The maximum absolute atomic E-state index is 5.96. The molecule has 0 aliphatic carbocycles. The second-order valence-corrected chi connectivity index (χ2v) is 5.44. The Bertz CT molecular complexity index is 688. The van der Waals surface area contributed by atoms with Gasteiger partial charge in [0.15, 0.2) is 0 Å². The van der Waals surface area contributed by atoms with Gasteiger partial charge >= 0.3 is 0 Å². The van der Waals surface area contributed by atoms with Crippen LogP contribution in [0.2, 0.25) is 0 Å². The third-order valence-corrected chi connectivity index (χ3v) is 3.73. The normalized spacial score (nSPS) is 10.8. The van der Waals surface area contributed by atoms with Crippen LogP contribution in [0.25, 0.3) is 0 Å². The predicted octanol–water partition coefficient (Wildman–Crippen LogP) is 3.61. The second kappa shape index (κ2) is 5.82. The van der Waals surface area contributed by atoms with Crippen LogP contribution in [0.3, 0.4) is 0 Å². The molecule has 0 heterocycles. The largest absolute Gasteiger partial charge is 0.399 e. The summed E-state index contributed by atoms with van der Waals surface area (Å²) in [5.41, 5.74) is 23.5. The van der Waals surface area contributed by atoms with Crippen LogP contribution >= 0.6 is 0 Å². The minimum Gasteiger partial charge on any atom is -0.399 e. The van der Waals surface area contributed by atoms with Crippen molar-refractivity contribution in [3.8, 4) is 0 Å². The van der Waals surface area contributed by atoms with Gasteiger partial charge in [-0.15, -0.1) is 0 Å². The summed E-state index contributed by atoms with van der Waals surface area (Å²) in [5.74, 6) is 0.0514. The van der Waals surface area contributed by atoms with Gasteiger partial charge < -0.3 is 17.2 Å². The second-order valence-electron chi connectivity index (χ2n) is 5.44. The lowest BCUT2D eigenvalue weighted by atomic mass is 9.84. The van der Waals surface area contributed by atoms with E-state index in [1.807, 2.05) is 54.6 Å². The van der Waals surface area contributed by atoms with Gasteiger partial charge in [-0.05, 0) is 53.1 Å². The Labute approximate surface area is 130 Å². The Hall–Kier alpha value is -2.94. The summed E-state index contributed by atoms with van der Waals surface area (Å²) >= 11 is 0. The fourth-order valence-corrected chi connectivity index (χ4v) is 2.79. The first kappa shape index (κ1) is 14.0. The van der Waals surface area contributed by atoms with Gasteiger partial charge in [0.2, 0.25) is 0 Å². The van der Waals surface area contributed by atoms with Crippen molar-refractivity contribution in [3.63, 3.8) is 0 Å². The van der Waals surface area contributed by atoms with Gasteiger partial charge in [-0.2, -0.15) is 0 Å². The highest BCUT2D eigenvalue weighted by Gasteiger charge is 2.17. The van der Waals surface area contributed by atoms with Crippen LogP contribution < -0.4 is 17.2 Å². The molecule has 3 heteroatoms. The van der Waals surface area contributed by atoms with Crippen LogP contribution in [0.5, 0.6) is 0 Å². The van der Waals surface area contributed by atoms with E-state index in [0.29, 0.717) is 0 Å². The van der Waals surface area contributed by atoms with Gasteiger partial charge in [0, 0.05) is 23.0 Å². The smallest absolute Gasteiger partial charge is 0.0342 e. The molecule has 0 aromatic heterocycles. The number of benzene rings is 3. The van der Waals surface area contributed by atoms with Gasteiger partial charge in [-0.3, -0.25) is 0 Å². The van der Waals surface area contributed by atoms with Crippen molar-refractivity contribution in [2.45, 2.75) is 5.92 Å². The van der Waals surface area contributed by atoms with Gasteiger partial charge in [0.05, 0.1) is 0 Å². The molecular formula is C19H19N3. The zero-order valence-electron chi connectivity index (χ0n) is 12.2. The van der Waals surface area contributed by atoms with E-state index < -0.39 is 0 Å². The lowest BCUT2D eigenvalue weighted by Crippen LogP contribution is -2.05. The summed E-state index contributed by atoms with van der Waals surface area (Å²) < 4.78 is 0. The monoisotopic (exact) mass is 289 g/mol. The quantitative estimate of drug-likeness (QED) is 0.509. The molecule has 0 spiro atoms. The van der Waals surface area contributed by atoms with Crippen molar-refractivity contribution in [1.82, 2.24) is 0 Å². The highest BCUT2D eigenvalue weighted by Crippen LogP contribution is 2.34. The number of nitrogen functional groups attached to an aromatic ring is 3. The van der Waals surface area contributed by atoms with E-state index in [4.69, 9.17) is 17.2 Å². The minimum atomic E-state index is 0.0514. The van der Waals surface area contributed by atoms with E-state index in [2.05, 4.69) is 18.2 Å². The van der Waals surface area contributed by atoms with Crippen LogP contribution in [0, 0.1) is 0 Å². The zero-order valence-corrected chi connectivity index (χ0v) is 12.2. The number of hydrogen-bond acceptors (Lipinski definition) is 3. The van der Waals surface area contributed by atoms with Crippen molar-refractivity contribution in [2.24, 2.45) is 0 Å². The number of nitrogens with two attached hydrogens (primary N) is 3. The molecule has 0 saturated heterocycles. The number of anilines is 3. The van der Waals surface area contributed by atoms with E-state index in [1.54, 1.807) is 0 Å². The summed E-state index contributed by atoms with van der Waals surface area (Å²) in [6.07, 6.45) is 0. The molecule has 22 heavy (non-hydrogen) atoms. The van der Waals surface area contributed by atoms with E-state index in [0.717, 1.165) is 33.8 Å². The van der Waals surface area contributed by atoms with Crippen LogP contribution in [0.4, 0.5) is 17.1 Å². The van der Waals surface area contributed by atoms with Crippen LogP contribution in [-0.4, -0.2) is 0 Å². The average Bonchev–Trinajstić information content (AvgIpc) is 2.48. The lowest BCUT2D eigenvalue weighted by molar-refractivity contribution is 0.980. The fourth-order valence-electron chi connectivity index (χ4n) is 2.79. The molecule has 0 saturated carbocycles. The molecule has 6 N–H and O–H groups in total. The SMILES string of the molecule is Nc1cccc(C(c2cccc(N)c2)c2cccc(N)c2)c1. The molecule has 0 aliphatic rings. The molecule has 110 valence electrons. The summed E-state index contributed by atoms with van der Waals surface area (Å²) in [4.78, 5) is 0. The number of rotatable bonds is 3. The predicted molar refractivity (Wildman–Crippen MR) is 93.5 cm³/mol. The van der Waals surface area contributed by atoms with Gasteiger partial charge in [0.1, 0.15) is 0 Å². The van der Waals surface area contributed by atoms with Crippen molar-refractivity contribution in [3.05, 3.63) is 89.5 Å². The first-order chi connectivity index (χ1) is 10.6. The van der Waals surface area contributed by atoms with Crippen molar-refractivity contribution < 1.29 is 0 Å². The molecule has 0 atom stereocenters. The Morgan fingerprint density at radius 2 is 0.818 bits per heavy atom. The molecule has 3 rings (SSSR count). The molecule has 3 nitrogen and oxygen atoms in total. The van der Waals surface area contributed by atoms with E-state index in [1.165, 1.54) is 0 Å². The van der Waals surface area contributed by atoms with Gasteiger partial charge in [-0.1, -0.05) is 36.4 Å². The lowest BCUT2D eigenvalue weighted by Gasteiger charge is -2.20. The topological polar surface area (TPSA) is 78.1 Å². The van der Waals surface area contributed by atoms with Crippen molar-refractivity contribution in [1.29, 1.82) is 0 Å². The highest BCUT2D eigenvalue weighted by molar-refractivity contribution is 5.54. The Kier molecular flexibility index (Phi) is 3.71. The summed E-state index contributed by atoms with van der Waals surface area (Å²) in [7, 11) is 0. The highest BCUT2D eigenvalue weighted by atomic mass is 14.6. The molecule has 0 bridgehead atoms. The zero-order chi connectivity index (χ0) is 15.5. The maximum atomic E-state index is 5.96. The Balaban J connectivity index is 2.18. The molecule has 3 aromatic carbocycles. The van der Waals surface area contributed by atoms with Crippen molar-refractivity contribution >= 4 is 17.1 Å². The summed E-state index contributed by atoms with van der Waals surface area (Å²) in [5, 5.41) is 0. The third-order valence-electron chi connectivity index (χ3n) is 3.73. The van der Waals surface area contributed by atoms with Gasteiger partial charge in [0.25, 0.3) is 0 Å². The summed E-state index contributed by atoms with van der Waals surface area (Å²) in [6, 6.07) is 23.8. The molecule has 0 unspecified atom stereocenters. The first-order valence-corrected chi connectivity index (χ1v) is 7.20. The maximum Gasteiger partial charge on any atom is 0.0342 e. The third kappa shape index (κ3) is 2.88. The molecule has 3 aromatic rings. The van der Waals surface area contributed by atoms with E-state index >= 15 is 0 Å². The molecule has 0 fully saturated rings. The van der Waals surface area contributed by atoms with Crippen molar-refractivity contribution in [2.75, 3.05) is 17.2 Å². The number of hydrogen-bond donors (Lipinski definition) is 3. The molecular weight excluding hydrogens is 270 g/mol. The van der Waals surface area contributed by atoms with Gasteiger partial charge in [-0.25, -0.2) is 0 Å². The van der Waals surface area contributed by atoms with Crippen LogP contribution in [0.15, 0.2) is 72.8 Å². The average molecular weight is 289 g/mol. The standard InChI is InChI=1S/C19H19N3/c20-16-7-1-4-13(10-16)19(14-5-2-8-17(21)11-14)15-6-3-9-18(22)12-15/h1-12,19H,20-22H2. The molecule has 0 radical (unpaired) electrons. The van der Waals surface area contributed by atoms with Crippen LogP contribution in [-0.2, 0) is 0 Å². The molecule has 0 amide bonds. The fraction of sp³-hybridized carbons (Fsp3) is 0.0526.